The zero-order valence-electron chi connectivity index (χ0n) is 22.0. The second-order valence-corrected chi connectivity index (χ2v) is 14.6. The van der Waals surface area contributed by atoms with Crippen LogP contribution in [0.4, 0.5) is 0 Å². The van der Waals surface area contributed by atoms with E-state index in [2.05, 4.69) is 33.0 Å². The van der Waals surface area contributed by atoms with Crippen molar-refractivity contribution in [3.8, 4) is 0 Å². The molecule has 4 rings (SSSR count). The molecule has 0 radical (unpaired) electrons. The van der Waals surface area contributed by atoms with Crippen LogP contribution in [0.5, 0.6) is 0 Å². The van der Waals surface area contributed by atoms with E-state index in [4.69, 9.17) is 4.55 Å². The largest absolute Gasteiger partial charge is 0.355 e. The molecule has 1 amide bonds. The van der Waals surface area contributed by atoms with Gasteiger partial charge in [0.1, 0.15) is 0 Å². The number of fused-ring (bicyclic) bond motifs is 5. The maximum atomic E-state index is 12.3. The molecule has 0 aromatic heterocycles. The molecule has 34 heavy (non-hydrogen) atoms. The lowest BCUT2D eigenvalue weighted by molar-refractivity contribution is -0.141. The van der Waals surface area contributed by atoms with E-state index in [0.29, 0.717) is 29.1 Å². The monoisotopic (exact) mass is 495 g/mol. The molecule has 2 N–H and O–H groups in total. The SMILES string of the molecule is CC[C@H]1C[C@@H]2CCCC[C@]2(C)[C@H]2CC[C@]3(C)[C@@H]([C@H](C)CCC(=O)NCCS(=O)(=O)O)CC[C@H]3[C@H]12. The summed E-state index contributed by atoms with van der Waals surface area (Å²) in [5, 5.41) is 2.65. The average Bonchev–Trinajstić information content (AvgIpc) is 3.13. The summed E-state index contributed by atoms with van der Waals surface area (Å²) in [5.41, 5.74) is 0.965. The van der Waals surface area contributed by atoms with Crippen molar-refractivity contribution in [2.24, 2.45) is 52.3 Å². The normalized spacial score (nSPS) is 42.9. The van der Waals surface area contributed by atoms with Crippen LogP contribution in [0.3, 0.4) is 0 Å². The third-order valence-electron chi connectivity index (χ3n) is 11.6. The molecule has 0 saturated heterocycles. The van der Waals surface area contributed by atoms with Gasteiger partial charge in [0.25, 0.3) is 10.1 Å². The van der Waals surface area contributed by atoms with Crippen molar-refractivity contribution in [3.63, 3.8) is 0 Å². The van der Waals surface area contributed by atoms with Crippen LogP contribution in [-0.4, -0.2) is 31.2 Å². The van der Waals surface area contributed by atoms with Crippen molar-refractivity contribution in [3.05, 3.63) is 0 Å². The van der Waals surface area contributed by atoms with Gasteiger partial charge >= 0.3 is 0 Å². The summed E-state index contributed by atoms with van der Waals surface area (Å²) in [7, 11) is -4.03. The van der Waals surface area contributed by atoms with Gasteiger partial charge in [0.15, 0.2) is 0 Å². The highest BCUT2D eigenvalue weighted by atomic mass is 32.2. The van der Waals surface area contributed by atoms with Gasteiger partial charge in [-0.1, -0.05) is 47.0 Å². The first-order valence-corrected chi connectivity index (χ1v) is 15.8. The molecule has 0 bridgehead atoms. The Balaban J connectivity index is 1.41. The zero-order chi connectivity index (χ0) is 24.7. The summed E-state index contributed by atoms with van der Waals surface area (Å²) in [4.78, 5) is 12.3. The van der Waals surface area contributed by atoms with Crippen LogP contribution in [0.1, 0.15) is 105 Å². The smallest absolute Gasteiger partial charge is 0.266 e. The Bertz CT molecular complexity index is 843. The number of carbonyl (C=O) groups excluding carboxylic acids is 1. The Morgan fingerprint density at radius 1 is 1.06 bits per heavy atom. The average molecular weight is 496 g/mol. The Labute approximate surface area is 208 Å². The van der Waals surface area contributed by atoms with Gasteiger partial charge in [0.2, 0.25) is 5.91 Å². The predicted octanol–water partition coefficient (Wildman–Crippen LogP) is 6.09. The van der Waals surface area contributed by atoms with Crippen LogP contribution in [0, 0.1) is 52.3 Å². The third-order valence-corrected chi connectivity index (χ3v) is 12.3. The van der Waals surface area contributed by atoms with Gasteiger partial charge in [-0.3, -0.25) is 9.35 Å². The van der Waals surface area contributed by atoms with Gasteiger partial charge < -0.3 is 5.32 Å². The van der Waals surface area contributed by atoms with Crippen LogP contribution in [-0.2, 0) is 14.9 Å². The highest BCUT2D eigenvalue weighted by Crippen LogP contribution is 2.69. The number of carbonyl (C=O) groups is 1. The molecule has 0 spiro atoms. The zero-order valence-corrected chi connectivity index (χ0v) is 22.8. The van der Waals surface area contributed by atoms with E-state index in [1.807, 2.05) is 0 Å². The first-order chi connectivity index (χ1) is 16.0. The van der Waals surface area contributed by atoms with Gasteiger partial charge in [-0.25, -0.2) is 0 Å². The molecule has 4 fully saturated rings. The van der Waals surface area contributed by atoms with Gasteiger partial charge in [-0.15, -0.1) is 0 Å². The summed E-state index contributed by atoms with van der Waals surface area (Å²) >= 11 is 0. The van der Waals surface area contributed by atoms with E-state index in [-0.39, 0.29) is 12.5 Å². The second kappa shape index (κ2) is 10.0. The summed E-state index contributed by atoms with van der Waals surface area (Å²) < 4.78 is 30.6. The minimum absolute atomic E-state index is 0.0174. The van der Waals surface area contributed by atoms with Gasteiger partial charge in [-0.2, -0.15) is 8.42 Å². The fourth-order valence-corrected chi connectivity index (χ4v) is 10.2. The van der Waals surface area contributed by atoms with Crippen molar-refractivity contribution < 1.29 is 17.8 Å². The van der Waals surface area contributed by atoms with Crippen molar-refractivity contribution in [1.29, 1.82) is 0 Å². The molecule has 196 valence electrons. The molecule has 0 aliphatic heterocycles. The van der Waals surface area contributed by atoms with E-state index in [9.17, 15) is 13.2 Å². The van der Waals surface area contributed by atoms with Crippen molar-refractivity contribution in [1.82, 2.24) is 5.32 Å². The van der Waals surface area contributed by atoms with Gasteiger partial charge in [-0.05, 0) is 104 Å². The van der Waals surface area contributed by atoms with E-state index >= 15 is 0 Å². The fraction of sp³-hybridized carbons (Fsp3) is 0.964. The van der Waals surface area contributed by atoms with Crippen LogP contribution < -0.4 is 5.32 Å². The Hall–Kier alpha value is -0.620. The van der Waals surface area contributed by atoms with E-state index in [1.165, 1.54) is 64.2 Å². The van der Waals surface area contributed by atoms with Crippen molar-refractivity contribution in [2.75, 3.05) is 12.3 Å². The standard InChI is InChI=1S/C28H49NO4S/c1-5-20-18-21-8-6-7-14-27(21,3)24-13-15-28(4)22(10-11-23(28)26(20)24)19(2)9-12-25(30)29-16-17-34(31,32)33/h19-24,26H,5-18H2,1-4H3,(H,29,30)(H,31,32,33)/t19-,20+,21+,22-,23+,24+,26+,27+,28-/m1/s1. The highest BCUT2D eigenvalue weighted by Gasteiger charge is 2.62. The van der Waals surface area contributed by atoms with Crippen molar-refractivity contribution >= 4 is 16.0 Å². The highest BCUT2D eigenvalue weighted by molar-refractivity contribution is 7.85. The molecule has 0 unspecified atom stereocenters. The molecule has 0 heterocycles. The van der Waals surface area contributed by atoms with Crippen LogP contribution >= 0.6 is 0 Å². The Kier molecular flexibility index (Phi) is 7.80. The first-order valence-electron chi connectivity index (χ1n) is 14.2. The minimum atomic E-state index is -4.03. The molecule has 4 saturated carbocycles. The van der Waals surface area contributed by atoms with E-state index in [1.54, 1.807) is 0 Å². The molecule has 0 aromatic carbocycles. The topological polar surface area (TPSA) is 83.5 Å². The number of rotatable bonds is 8. The Morgan fingerprint density at radius 2 is 1.79 bits per heavy atom. The molecule has 0 aromatic rings. The lowest BCUT2D eigenvalue weighted by Crippen LogP contribution is -2.56. The molecule has 4 aliphatic carbocycles. The van der Waals surface area contributed by atoms with Crippen LogP contribution in [0.15, 0.2) is 0 Å². The maximum absolute atomic E-state index is 12.3. The molecule has 5 nitrogen and oxygen atoms in total. The van der Waals surface area contributed by atoms with Gasteiger partial charge in [0, 0.05) is 13.0 Å². The lowest BCUT2D eigenvalue weighted by Gasteiger charge is -2.63. The summed E-state index contributed by atoms with van der Waals surface area (Å²) in [6, 6.07) is 0. The van der Waals surface area contributed by atoms with Crippen LogP contribution in [0.25, 0.3) is 0 Å². The number of nitrogens with one attached hydrogen (secondary N) is 1. The molecule has 4 aliphatic rings. The number of hydrogen-bond donors (Lipinski definition) is 2. The summed E-state index contributed by atoms with van der Waals surface area (Å²) in [6.07, 6.45) is 15.3. The molecule has 6 heteroatoms. The third kappa shape index (κ3) is 4.96. The Morgan fingerprint density at radius 3 is 2.50 bits per heavy atom. The second-order valence-electron chi connectivity index (χ2n) is 13.0. The quantitative estimate of drug-likeness (QED) is 0.399. The molecular formula is C28H49NO4S. The summed E-state index contributed by atoms with van der Waals surface area (Å²) in [5.74, 6) is 5.15. The summed E-state index contributed by atoms with van der Waals surface area (Å²) in [6.45, 7) is 10.0. The number of amides is 1. The molecular weight excluding hydrogens is 446 g/mol. The lowest BCUT2D eigenvalue weighted by atomic mass is 9.42. The fourth-order valence-electron chi connectivity index (χ4n) is 9.83. The molecule has 9 atom stereocenters. The number of hydrogen-bond acceptors (Lipinski definition) is 3. The first kappa shape index (κ1) is 26.4. The predicted molar refractivity (Wildman–Crippen MR) is 137 cm³/mol. The van der Waals surface area contributed by atoms with Crippen LogP contribution in [0.2, 0.25) is 0 Å². The maximum Gasteiger partial charge on any atom is 0.266 e. The van der Waals surface area contributed by atoms with Crippen molar-refractivity contribution in [2.45, 2.75) is 105 Å². The van der Waals surface area contributed by atoms with E-state index in [0.717, 1.165) is 36.0 Å². The minimum Gasteiger partial charge on any atom is -0.355 e. The van der Waals surface area contributed by atoms with Gasteiger partial charge in [0.05, 0.1) is 5.75 Å². The van der Waals surface area contributed by atoms with E-state index < -0.39 is 15.9 Å².